The second-order valence-corrected chi connectivity index (χ2v) is 9.71. The number of carbonyl (C=O) groups is 1. The number of carbonyl (C=O) groups excluding carboxylic acids is 1. The fourth-order valence-corrected chi connectivity index (χ4v) is 6.48. The molecule has 3 heterocycles. The molecule has 0 radical (unpaired) electrons. The van der Waals surface area contributed by atoms with Crippen molar-refractivity contribution >= 4 is 39.2 Å². The zero-order valence-electron chi connectivity index (χ0n) is 16.7. The molecule has 2 aliphatic rings. The Balaban J connectivity index is 1.58. The van der Waals surface area contributed by atoms with E-state index < -0.39 is 0 Å². The summed E-state index contributed by atoms with van der Waals surface area (Å²) < 4.78 is 7.44. The van der Waals surface area contributed by atoms with E-state index in [1.165, 1.54) is 28.6 Å². The third-order valence-electron chi connectivity index (χ3n) is 5.45. The number of morpholine rings is 1. The van der Waals surface area contributed by atoms with E-state index in [0.29, 0.717) is 30.5 Å². The normalized spacial score (nSPS) is 22.5. The van der Waals surface area contributed by atoms with Crippen molar-refractivity contribution in [3.8, 4) is 0 Å². The van der Waals surface area contributed by atoms with Gasteiger partial charge in [0.25, 0.3) is 5.56 Å². The summed E-state index contributed by atoms with van der Waals surface area (Å²) in [6.45, 7) is 7.75. The molecule has 152 valence electrons. The van der Waals surface area contributed by atoms with Crippen LogP contribution in [0.1, 0.15) is 44.1 Å². The molecule has 0 unspecified atom stereocenters. The van der Waals surface area contributed by atoms with Crippen molar-refractivity contribution in [1.82, 2.24) is 14.5 Å². The molecule has 2 aromatic rings. The van der Waals surface area contributed by atoms with Crippen molar-refractivity contribution in [2.75, 3.05) is 18.8 Å². The number of amides is 1. The first-order chi connectivity index (χ1) is 13.5. The molecule has 2 atom stereocenters. The minimum Gasteiger partial charge on any atom is -0.372 e. The molecule has 1 fully saturated rings. The van der Waals surface area contributed by atoms with Gasteiger partial charge in [-0.1, -0.05) is 11.8 Å². The van der Waals surface area contributed by atoms with Gasteiger partial charge in [0.05, 0.1) is 23.3 Å². The van der Waals surface area contributed by atoms with Crippen LogP contribution in [-0.4, -0.2) is 51.4 Å². The minimum atomic E-state index is 0.0514. The highest BCUT2D eigenvalue weighted by Gasteiger charge is 2.27. The van der Waals surface area contributed by atoms with Gasteiger partial charge in [-0.2, -0.15) is 0 Å². The van der Waals surface area contributed by atoms with Crippen molar-refractivity contribution < 1.29 is 9.53 Å². The number of thiophene rings is 1. The first-order valence-electron chi connectivity index (χ1n) is 10.1. The lowest BCUT2D eigenvalue weighted by molar-refractivity contribution is -0.140. The zero-order valence-corrected chi connectivity index (χ0v) is 18.3. The fourth-order valence-electron chi connectivity index (χ4n) is 4.21. The number of rotatable bonds is 4. The van der Waals surface area contributed by atoms with Crippen molar-refractivity contribution in [2.45, 2.75) is 70.4 Å². The molecule has 6 nitrogen and oxygen atoms in total. The van der Waals surface area contributed by atoms with Gasteiger partial charge in [0.1, 0.15) is 4.83 Å². The van der Waals surface area contributed by atoms with Crippen molar-refractivity contribution in [1.29, 1.82) is 0 Å². The Morgan fingerprint density at radius 2 is 1.96 bits per heavy atom. The first kappa shape index (κ1) is 19.9. The van der Waals surface area contributed by atoms with Crippen LogP contribution in [-0.2, 0) is 28.9 Å². The van der Waals surface area contributed by atoms with Crippen molar-refractivity contribution in [3.63, 3.8) is 0 Å². The number of fused-ring (bicyclic) bond motifs is 3. The monoisotopic (exact) mass is 421 g/mol. The van der Waals surface area contributed by atoms with E-state index in [1.807, 2.05) is 25.7 Å². The molecule has 4 rings (SSSR count). The van der Waals surface area contributed by atoms with Crippen LogP contribution in [0, 0.1) is 0 Å². The van der Waals surface area contributed by atoms with Crippen LogP contribution >= 0.6 is 23.1 Å². The van der Waals surface area contributed by atoms with Gasteiger partial charge < -0.3 is 9.64 Å². The van der Waals surface area contributed by atoms with Gasteiger partial charge in [0, 0.05) is 24.5 Å². The summed E-state index contributed by atoms with van der Waals surface area (Å²) in [5.41, 5.74) is 1.27. The second-order valence-electron chi connectivity index (χ2n) is 7.68. The Morgan fingerprint density at radius 3 is 2.68 bits per heavy atom. The van der Waals surface area contributed by atoms with E-state index in [2.05, 4.69) is 0 Å². The molecule has 0 saturated carbocycles. The summed E-state index contributed by atoms with van der Waals surface area (Å²) in [5, 5.41) is 1.47. The third kappa shape index (κ3) is 3.74. The summed E-state index contributed by atoms with van der Waals surface area (Å²) in [6, 6.07) is 0. The van der Waals surface area contributed by atoms with Crippen molar-refractivity contribution in [2.24, 2.45) is 0 Å². The highest BCUT2D eigenvalue weighted by molar-refractivity contribution is 7.99. The molecular formula is C20H27N3O3S2. The number of ether oxygens (including phenoxy) is 1. The van der Waals surface area contributed by atoms with Crippen molar-refractivity contribution in [3.05, 3.63) is 20.8 Å². The van der Waals surface area contributed by atoms with Crippen LogP contribution in [0.15, 0.2) is 9.95 Å². The molecular weight excluding hydrogens is 394 g/mol. The lowest BCUT2D eigenvalue weighted by atomic mass is 9.97. The molecule has 1 aliphatic heterocycles. The van der Waals surface area contributed by atoms with Gasteiger partial charge in [0.15, 0.2) is 5.16 Å². The van der Waals surface area contributed by atoms with Gasteiger partial charge in [-0.25, -0.2) is 4.98 Å². The maximum absolute atomic E-state index is 13.2. The van der Waals surface area contributed by atoms with Crippen LogP contribution in [0.3, 0.4) is 0 Å². The number of hydrogen-bond acceptors (Lipinski definition) is 6. The maximum Gasteiger partial charge on any atom is 0.263 e. The Bertz CT molecular complexity index is 942. The predicted octanol–water partition coefficient (Wildman–Crippen LogP) is 3.08. The van der Waals surface area contributed by atoms with Gasteiger partial charge in [-0.05, 0) is 52.0 Å². The Hall–Kier alpha value is -1.38. The maximum atomic E-state index is 13.2. The van der Waals surface area contributed by atoms with Gasteiger partial charge >= 0.3 is 0 Å². The number of aryl methyl sites for hydroxylation is 2. The highest BCUT2D eigenvalue weighted by Crippen LogP contribution is 2.34. The molecule has 8 heteroatoms. The van der Waals surface area contributed by atoms with E-state index in [-0.39, 0.29) is 23.7 Å². The topological polar surface area (TPSA) is 64.4 Å². The lowest BCUT2D eigenvalue weighted by Gasteiger charge is -2.35. The number of nitrogens with zero attached hydrogens (tertiary/aromatic N) is 3. The minimum absolute atomic E-state index is 0.0514. The summed E-state index contributed by atoms with van der Waals surface area (Å²) in [5.74, 6) is 0.372. The smallest absolute Gasteiger partial charge is 0.263 e. The standard InChI is InChI=1S/C20H27N3O3S2/c1-4-23-19(25)17-14-7-5-6-8-15(14)28-18(17)21-20(23)27-11-16(24)22-9-12(2)26-13(3)10-22/h12-13H,4-11H2,1-3H3/t12-,13-/m1/s1. The molecule has 1 amide bonds. The van der Waals surface area contributed by atoms with E-state index in [9.17, 15) is 9.59 Å². The molecule has 0 bridgehead atoms. The Kier molecular flexibility index (Phi) is 5.81. The van der Waals surface area contributed by atoms with Gasteiger partial charge in [-0.3, -0.25) is 14.2 Å². The van der Waals surface area contributed by atoms with E-state index in [1.54, 1.807) is 15.9 Å². The molecule has 1 aliphatic carbocycles. The Labute approximate surface area is 173 Å². The number of hydrogen-bond donors (Lipinski definition) is 0. The number of thioether (sulfide) groups is 1. The van der Waals surface area contributed by atoms with Crippen LogP contribution in [0.2, 0.25) is 0 Å². The molecule has 0 N–H and O–H groups in total. The Morgan fingerprint density at radius 1 is 1.25 bits per heavy atom. The van der Waals surface area contributed by atoms with E-state index >= 15 is 0 Å². The highest BCUT2D eigenvalue weighted by atomic mass is 32.2. The van der Waals surface area contributed by atoms with E-state index in [0.717, 1.165) is 29.5 Å². The third-order valence-corrected chi connectivity index (χ3v) is 7.60. The largest absolute Gasteiger partial charge is 0.372 e. The van der Waals surface area contributed by atoms with E-state index in [4.69, 9.17) is 9.72 Å². The molecule has 28 heavy (non-hydrogen) atoms. The van der Waals surface area contributed by atoms with Crippen LogP contribution in [0.4, 0.5) is 0 Å². The van der Waals surface area contributed by atoms with Crippen LogP contribution < -0.4 is 5.56 Å². The van der Waals surface area contributed by atoms with Gasteiger partial charge in [-0.15, -0.1) is 11.3 Å². The lowest BCUT2D eigenvalue weighted by Crippen LogP contribution is -2.48. The molecule has 0 aromatic carbocycles. The fraction of sp³-hybridized carbons (Fsp3) is 0.650. The molecule has 0 spiro atoms. The number of aromatic nitrogens is 2. The van der Waals surface area contributed by atoms with Crippen LogP contribution in [0.5, 0.6) is 0 Å². The summed E-state index contributed by atoms with van der Waals surface area (Å²) in [7, 11) is 0. The van der Waals surface area contributed by atoms with Crippen LogP contribution in [0.25, 0.3) is 10.2 Å². The van der Waals surface area contributed by atoms with Gasteiger partial charge in [0.2, 0.25) is 5.91 Å². The SMILES string of the molecule is CCn1c(SCC(=O)N2C[C@@H](C)O[C@H](C)C2)nc2sc3c(c2c1=O)CCCC3. The summed E-state index contributed by atoms with van der Waals surface area (Å²) in [6.07, 6.45) is 4.47. The summed E-state index contributed by atoms with van der Waals surface area (Å²) >= 11 is 3.04. The quantitative estimate of drug-likeness (QED) is 0.561. The average molecular weight is 422 g/mol. The second kappa shape index (κ2) is 8.16. The predicted molar refractivity (Wildman–Crippen MR) is 114 cm³/mol. The summed E-state index contributed by atoms with van der Waals surface area (Å²) in [4.78, 5) is 34.7. The average Bonchev–Trinajstić information content (AvgIpc) is 3.04. The molecule has 2 aromatic heterocycles. The zero-order chi connectivity index (χ0) is 19.8. The first-order valence-corrected chi connectivity index (χ1v) is 11.9. The molecule has 1 saturated heterocycles.